The molecule has 0 unspecified atom stereocenters. The van der Waals surface area contributed by atoms with E-state index in [4.69, 9.17) is 0 Å². The number of hydrogen-bond acceptors (Lipinski definition) is 3. The number of hydrogen-bond donors (Lipinski definition) is 3. The van der Waals surface area contributed by atoms with Crippen LogP contribution in [0.15, 0.2) is 59.7 Å². The van der Waals surface area contributed by atoms with Crippen LogP contribution in [0.25, 0.3) is 21.8 Å². The standard InChI is InChI=1S/C20H18N4O2/c25-19(22-16-5-2-4-14-12-21-10-9-15(14)16)6-1-3-13-7-8-17-18(11-13)24-20(26)23-17/h2,4-5,7-12H,1,3,6H2,(H,22,25)(H2,23,24,26). The van der Waals surface area contributed by atoms with Crippen molar-refractivity contribution >= 4 is 33.4 Å². The maximum absolute atomic E-state index is 12.3. The van der Waals surface area contributed by atoms with Gasteiger partial charge in [-0.15, -0.1) is 0 Å². The first-order valence-corrected chi connectivity index (χ1v) is 8.52. The number of H-pyrrole nitrogens is 2. The fraction of sp³-hybridized carbons (Fsp3) is 0.150. The number of benzene rings is 2. The minimum absolute atomic E-state index is 0.00885. The lowest BCUT2D eigenvalue weighted by atomic mass is 10.1. The third kappa shape index (κ3) is 3.35. The van der Waals surface area contributed by atoms with Gasteiger partial charge in [0.05, 0.1) is 11.0 Å². The van der Waals surface area contributed by atoms with Gasteiger partial charge in [-0.05, 0) is 42.7 Å². The van der Waals surface area contributed by atoms with E-state index < -0.39 is 0 Å². The number of pyridine rings is 1. The summed E-state index contributed by atoms with van der Waals surface area (Å²) in [6.07, 6.45) is 5.45. The maximum atomic E-state index is 12.3. The van der Waals surface area contributed by atoms with Gasteiger partial charge in [-0.25, -0.2) is 4.79 Å². The summed E-state index contributed by atoms with van der Waals surface area (Å²) in [7, 11) is 0. The van der Waals surface area contributed by atoms with Crippen molar-refractivity contribution in [3.05, 3.63) is 70.9 Å². The normalized spacial score (nSPS) is 11.1. The van der Waals surface area contributed by atoms with E-state index >= 15 is 0 Å². The van der Waals surface area contributed by atoms with Crippen molar-refractivity contribution in [2.24, 2.45) is 0 Å². The van der Waals surface area contributed by atoms with Gasteiger partial charge >= 0.3 is 5.69 Å². The Morgan fingerprint density at radius 1 is 1.08 bits per heavy atom. The lowest BCUT2D eigenvalue weighted by molar-refractivity contribution is -0.116. The number of fused-ring (bicyclic) bond motifs is 2. The Morgan fingerprint density at radius 2 is 1.96 bits per heavy atom. The number of amides is 1. The first-order valence-electron chi connectivity index (χ1n) is 8.52. The summed E-state index contributed by atoms with van der Waals surface area (Å²) >= 11 is 0. The maximum Gasteiger partial charge on any atom is 0.323 e. The number of imidazole rings is 1. The highest BCUT2D eigenvalue weighted by molar-refractivity contribution is 6.01. The van der Waals surface area contributed by atoms with Gasteiger partial charge in [-0.1, -0.05) is 18.2 Å². The molecule has 0 radical (unpaired) electrons. The van der Waals surface area contributed by atoms with Crippen molar-refractivity contribution in [2.75, 3.05) is 5.32 Å². The molecule has 4 aromatic rings. The predicted molar refractivity (Wildman–Crippen MR) is 102 cm³/mol. The summed E-state index contributed by atoms with van der Waals surface area (Å²) < 4.78 is 0. The van der Waals surface area contributed by atoms with Crippen LogP contribution in [0.4, 0.5) is 5.69 Å². The molecule has 3 N–H and O–H groups in total. The molecule has 4 rings (SSSR count). The molecule has 0 bridgehead atoms. The molecule has 1 amide bonds. The monoisotopic (exact) mass is 346 g/mol. The van der Waals surface area contributed by atoms with Crippen molar-refractivity contribution in [1.82, 2.24) is 15.0 Å². The summed E-state index contributed by atoms with van der Waals surface area (Å²) in [5, 5.41) is 4.97. The van der Waals surface area contributed by atoms with Crippen LogP contribution < -0.4 is 11.0 Å². The molecule has 6 heteroatoms. The molecule has 0 spiro atoms. The van der Waals surface area contributed by atoms with Crippen LogP contribution in [0.3, 0.4) is 0 Å². The van der Waals surface area contributed by atoms with Crippen LogP contribution in [-0.2, 0) is 11.2 Å². The molecule has 6 nitrogen and oxygen atoms in total. The molecule has 0 fully saturated rings. The molecular weight excluding hydrogens is 328 g/mol. The van der Waals surface area contributed by atoms with Gasteiger partial charge in [0, 0.05) is 35.3 Å². The number of aromatic amines is 2. The summed E-state index contributed by atoms with van der Waals surface area (Å²) in [6.45, 7) is 0. The molecule has 0 aliphatic heterocycles. The number of rotatable bonds is 5. The fourth-order valence-electron chi connectivity index (χ4n) is 3.13. The number of nitrogens with zero attached hydrogens (tertiary/aromatic N) is 1. The largest absolute Gasteiger partial charge is 0.326 e. The topological polar surface area (TPSA) is 90.6 Å². The molecule has 0 saturated heterocycles. The van der Waals surface area contributed by atoms with Crippen molar-refractivity contribution < 1.29 is 4.79 Å². The van der Waals surface area contributed by atoms with E-state index in [0.29, 0.717) is 6.42 Å². The highest BCUT2D eigenvalue weighted by Gasteiger charge is 2.07. The van der Waals surface area contributed by atoms with E-state index in [1.54, 1.807) is 12.4 Å². The van der Waals surface area contributed by atoms with E-state index in [-0.39, 0.29) is 11.6 Å². The van der Waals surface area contributed by atoms with Gasteiger partial charge in [0.2, 0.25) is 5.91 Å². The van der Waals surface area contributed by atoms with Gasteiger partial charge < -0.3 is 15.3 Å². The lowest BCUT2D eigenvalue weighted by Crippen LogP contribution is -2.11. The zero-order valence-electron chi connectivity index (χ0n) is 14.1. The Balaban J connectivity index is 1.38. The first-order chi connectivity index (χ1) is 12.7. The molecule has 2 aromatic carbocycles. The predicted octanol–water partition coefficient (Wildman–Crippen LogP) is 3.37. The summed E-state index contributed by atoms with van der Waals surface area (Å²) in [4.78, 5) is 33.2. The summed E-state index contributed by atoms with van der Waals surface area (Å²) in [5.74, 6) is -0.00885. The van der Waals surface area contributed by atoms with Crippen LogP contribution in [0.5, 0.6) is 0 Å². The van der Waals surface area contributed by atoms with Crippen molar-refractivity contribution in [3.8, 4) is 0 Å². The zero-order valence-corrected chi connectivity index (χ0v) is 14.1. The third-order valence-corrected chi connectivity index (χ3v) is 4.40. The molecule has 130 valence electrons. The van der Waals surface area contributed by atoms with Gasteiger partial charge in [0.1, 0.15) is 0 Å². The van der Waals surface area contributed by atoms with Crippen molar-refractivity contribution in [3.63, 3.8) is 0 Å². The second kappa shape index (κ2) is 6.84. The highest BCUT2D eigenvalue weighted by atomic mass is 16.1. The van der Waals surface area contributed by atoms with Gasteiger partial charge in [-0.2, -0.15) is 0 Å². The molecule has 26 heavy (non-hydrogen) atoms. The van der Waals surface area contributed by atoms with Crippen molar-refractivity contribution in [1.29, 1.82) is 0 Å². The number of carbonyl (C=O) groups excluding carboxylic acids is 1. The van der Waals surface area contributed by atoms with Crippen LogP contribution in [0.2, 0.25) is 0 Å². The van der Waals surface area contributed by atoms with Gasteiger partial charge in [0.25, 0.3) is 0 Å². The summed E-state index contributed by atoms with van der Waals surface area (Å²) in [6, 6.07) is 13.5. The average Bonchev–Trinajstić information content (AvgIpc) is 3.01. The number of carbonyl (C=O) groups is 1. The second-order valence-electron chi connectivity index (χ2n) is 6.26. The summed E-state index contributed by atoms with van der Waals surface area (Å²) in [5.41, 5.74) is 3.28. The molecule has 2 aromatic heterocycles. The SMILES string of the molecule is O=C(CCCc1ccc2[nH]c(=O)[nH]c2c1)Nc1cccc2cnccc12. The van der Waals surface area contributed by atoms with Crippen LogP contribution >= 0.6 is 0 Å². The Kier molecular flexibility index (Phi) is 4.23. The lowest BCUT2D eigenvalue weighted by Gasteiger charge is -2.08. The Morgan fingerprint density at radius 3 is 2.88 bits per heavy atom. The average molecular weight is 346 g/mol. The minimum Gasteiger partial charge on any atom is -0.326 e. The third-order valence-electron chi connectivity index (χ3n) is 4.40. The number of aromatic nitrogens is 3. The second-order valence-corrected chi connectivity index (χ2v) is 6.26. The molecule has 0 atom stereocenters. The number of nitrogens with one attached hydrogen (secondary N) is 3. The molecule has 0 aliphatic carbocycles. The smallest absolute Gasteiger partial charge is 0.323 e. The quantitative estimate of drug-likeness (QED) is 0.517. The van der Waals surface area contributed by atoms with Crippen LogP contribution in [0, 0.1) is 0 Å². The van der Waals surface area contributed by atoms with Gasteiger partial charge in [0.15, 0.2) is 0 Å². The van der Waals surface area contributed by atoms with E-state index in [0.717, 1.165) is 45.9 Å². The van der Waals surface area contributed by atoms with Gasteiger partial charge in [-0.3, -0.25) is 9.78 Å². The zero-order chi connectivity index (χ0) is 17.9. The fourth-order valence-corrected chi connectivity index (χ4v) is 3.13. The Labute approximate surface area is 149 Å². The van der Waals surface area contributed by atoms with Crippen LogP contribution in [-0.4, -0.2) is 20.9 Å². The molecule has 2 heterocycles. The highest BCUT2D eigenvalue weighted by Crippen LogP contribution is 2.22. The molecule has 0 aliphatic rings. The van der Waals surface area contributed by atoms with E-state index in [9.17, 15) is 9.59 Å². The molecule has 0 saturated carbocycles. The van der Waals surface area contributed by atoms with E-state index in [2.05, 4.69) is 20.3 Å². The minimum atomic E-state index is -0.207. The first kappa shape index (κ1) is 16.1. The molecular formula is C20H18N4O2. The van der Waals surface area contributed by atoms with Crippen LogP contribution in [0.1, 0.15) is 18.4 Å². The number of anilines is 1. The Bertz CT molecular complexity index is 1140. The van der Waals surface area contributed by atoms with Crippen molar-refractivity contribution in [2.45, 2.75) is 19.3 Å². The number of aryl methyl sites for hydroxylation is 1. The Hall–Kier alpha value is -3.41. The van der Waals surface area contributed by atoms with E-state index in [1.807, 2.05) is 42.5 Å². The van der Waals surface area contributed by atoms with E-state index in [1.165, 1.54) is 0 Å².